The van der Waals surface area contributed by atoms with Gasteiger partial charge in [0.1, 0.15) is 11.1 Å². The van der Waals surface area contributed by atoms with Gasteiger partial charge in [0.05, 0.1) is 12.1 Å². The van der Waals surface area contributed by atoms with E-state index < -0.39 is 23.0 Å². The number of hydrogen-bond acceptors (Lipinski definition) is 5. The Morgan fingerprint density at radius 3 is 2.26 bits per heavy atom. The average molecular weight is 476 g/mol. The van der Waals surface area contributed by atoms with Gasteiger partial charge in [0.2, 0.25) is 5.91 Å². The van der Waals surface area contributed by atoms with Crippen molar-refractivity contribution in [3.05, 3.63) is 102 Å². The van der Waals surface area contributed by atoms with Crippen molar-refractivity contribution in [2.75, 3.05) is 7.05 Å². The van der Waals surface area contributed by atoms with Gasteiger partial charge in [-0.25, -0.2) is 9.18 Å². The van der Waals surface area contributed by atoms with Crippen molar-refractivity contribution in [2.45, 2.75) is 17.0 Å². The highest BCUT2D eigenvalue weighted by atomic mass is 32.2. The number of nitrogens with zero attached hydrogens (tertiary/aromatic N) is 3. The van der Waals surface area contributed by atoms with Crippen LogP contribution in [0.2, 0.25) is 0 Å². The van der Waals surface area contributed by atoms with Crippen molar-refractivity contribution in [3.63, 3.8) is 0 Å². The molecular weight excluding hydrogens is 453 g/mol. The summed E-state index contributed by atoms with van der Waals surface area (Å²) in [5.41, 5.74) is 1.97. The van der Waals surface area contributed by atoms with Gasteiger partial charge in [-0.3, -0.25) is 14.7 Å². The first-order valence-corrected chi connectivity index (χ1v) is 11.4. The zero-order valence-corrected chi connectivity index (χ0v) is 19.1. The lowest BCUT2D eigenvalue weighted by atomic mass is 10.1. The molecule has 1 unspecified atom stereocenters. The van der Waals surface area contributed by atoms with Crippen LogP contribution in [-0.2, 0) is 11.3 Å². The van der Waals surface area contributed by atoms with E-state index in [2.05, 4.69) is 20.8 Å². The Labute approximate surface area is 200 Å². The number of rotatable bonds is 7. The molecule has 4 rings (SSSR count). The molecule has 0 saturated heterocycles. The second-order valence-corrected chi connectivity index (χ2v) is 8.41. The lowest BCUT2D eigenvalue weighted by Crippen LogP contribution is -2.39. The van der Waals surface area contributed by atoms with Gasteiger partial charge in [0.15, 0.2) is 11.0 Å². The fourth-order valence-corrected chi connectivity index (χ4v) is 4.41. The number of urea groups is 1. The molecule has 2 N–H and O–H groups in total. The van der Waals surface area contributed by atoms with E-state index >= 15 is 0 Å². The Hall–Kier alpha value is -3.98. The van der Waals surface area contributed by atoms with E-state index in [1.54, 1.807) is 34.9 Å². The fourth-order valence-electron chi connectivity index (χ4n) is 3.37. The quantitative estimate of drug-likeness (QED) is 0.386. The third-order valence-electron chi connectivity index (χ3n) is 5.04. The van der Waals surface area contributed by atoms with E-state index in [0.29, 0.717) is 28.7 Å². The van der Waals surface area contributed by atoms with Crippen LogP contribution in [0.1, 0.15) is 16.4 Å². The van der Waals surface area contributed by atoms with Crippen LogP contribution < -0.4 is 10.6 Å². The van der Waals surface area contributed by atoms with Crippen molar-refractivity contribution in [1.82, 2.24) is 25.4 Å². The lowest BCUT2D eigenvalue weighted by molar-refractivity contribution is -0.119. The summed E-state index contributed by atoms with van der Waals surface area (Å²) in [7, 11) is 1.43. The van der Waals surface area contributed by atoms with Crippen LogP contribution in [-0.4, -0.2) is 33.8 Å². The molecule has 0 fully saturated rings. The third kappa shape index (κ3) is 5.32. The van der Waals surface area contributed by atoms with Crippen LogP contribution >= 0.6 is 11.8 Å². The van der Waals surface area contributed by atoms with E-state index in [9.17, 15) is 14.0 Å². The van der Waals surface area contributed by atoms with Gasteiger partial charge < -0.3 is 5.32 Å². The number of nitrogens with one attached hydrogen (secondary N) is 2. The van der Waals surface area contributed by atoms with E-state index in [1.807, 2.05) is 48.5 Å². The summed E-state index contributed by atoms with van der Waals surface area (Å²) in [5.74, 6) is -0.571. The molecule has 0 radical (unpaired) electrons. The Morgan fingerprint density at radius 2 is 1.59 bits per heavy atom. The first-order valence-electron chi connectivity index (χ1n) is 10.5. The molecule has 34 heavy (non-hydrogen) atoms. The Kier molecular flexibility index (Phi) is 7.34. The van der Waals surface area contributed by atoms with Crippen molar-refractivity contribution < 1.29 is 14.0 Å². The molecule has 3 aromatic carbocycles. The molecule has 7 nitrogen and oxygen atoms in total. The summed E-state index contributed by atoms with van der Waals surface area (Å²) in [4.78, 5) is 24.8. The lowest BCUT2D eigenvalue weighted by Gasteiger charge is -2.17. The molecule has 4 aromatic rings. The Morgan fingerprint density at radius 1 is 0.941 bits per heavy atom. The summed E-state index contributed by atoms with van der Waals surface area (Å²) in [6.45, 7) is 0.373. The summed E-state index contributed by atoms with van der Waals surface area (Å²) >= 11 is 1.14. The molecule has 0 aliphatic carbocycles. The zero-order valence-electron chi connectivity index (χ0n) is 18.3. The number of halogens is 1. The van der Waals surface area contributed by atoms with Crippen LogP contribution in [0.15, 0.2) is 90.1 Å². The topological polar surface area (TPSA) is 88.9 Å². The maximum Gasteiger partial charge on any atom is 0.321 e. The molecule has 0 bridgehead atoms. The molecule has 9 heteroatoms. The van der Waals surface area contributed by atoms with Crippen LogP contribution in [0.5, 0.6) is 0 Å². The average Bonchev–Trinajstić information content (AvgIpc) is 3.25. The van der Waals surface area contributed by atoms with Crippen molar-refractivity contribution in [3.8, 4) is 11.4 Å². The Balaban J connectivity index is 1.76. The number of benzene rings is 3. The fraction of sp³-hybridized carbons (Fsp3) is 0.120. The molecule has 0 spiro atoms. The smallest absolute Gasteiger partial charge is 0.321 e. The van der Waals surface area contributed by atoms with Gasteiger partial charge in [-0.2, -0.15) is 0 Å². The second kappa shape index (κ2) is 10.8. The Bertz CT molecular complexity index is 1280. The highest BCUT2D eigenvalue weighted by Gasteiger charge is 2.27. The monoisotopic (exact) mass is 475 g/mol. The molecule has 1 atom stereocenters. The molecule has 0 aliphatic rings. The maximum atomic E-state index is 14.6. The summed E-state index contributed by atoms with van der Waals surface area (Å²) in [5, 5.41) is 12.9. The molecular formula is C25H22FN5O2S. The number of hydrogen-bond donors (Lipinski definition) is 2. The molecule has 0 aliphatic heterocycles. The predicted molar refractivity (Wildman–Crippen MR) is 129 cm³/mol. The van der Waals surface area contributed by atoms with Crippen LogP contribution in [0.25, 0.3) is 11.4 Å². The van der Waals surface area contributed by atoms with Crippen molar-refractivity contribution >= 4 is 23.7 Å². The highest BCUT2D eigenvalue weighted by molar-refractivity contribution is 8.00. The normalized spacial score (nSPS) is 11.6. The summed E-state index contributed by atoms with van der Waals surface area (Å²) in [6, 6.07) is 24.5. The van der Waals surface area contributed by atoms with Crippen molar-refractivity contribution in [2.24, 2.45) is 0 Å². The standard InChI is InChI=1S/C25H22FN5O2S/c1-27-24(33)28-23(32)21(18-12-6-3-7-13-18)34-25-30-29-22(19-14-8-9-15-20(19)26)31(25)16-17-10-4-2-5-11-17/h2-15,21H,16H2,1H3,(H2,27,28,32,33). The van der Waals surface area contributed by atoms with E-state index in [4.69, 9.17) is 0 Å². The highest BCUT2D eigenvalue weighted by Crippen LogP contribution is 2.36. The van der Waals surface area contributed by atoms with Crippen molar-refractivity contribution in [1.29, 1.82) is 0 Å². The minimum absolute atomic E-state index is 0.309. The van der Waals surface area contributed by atoms with Crippen LogP contribution in [0, 0.1) is 5.82 Å². The van der Waals surface area contributed by atoms with E-state index in [1.165, 1.54) is 13.1 Å². The molecule has 1 aromatic heterocycles. The van der Waals surface area contributed by atoms with E-state index in [0.717, 1.165) is 17.3 Å². The SMILES string of the molecule is CNC(=O)NC(=O)C(Sc1nnc(-c2ccccc2F)n1Cc1ccccc1)c1ccccc1. The van der Waals surface area contributed by atoms with E-state index in [-0.39, 0.29) is 0 Å². The number of aromatic nitrogens is 3. The summed E-state index contributed by atoms with van der Waals surface area (Å²) in [6.07, 6.45) is 0. The molecule has 0 saturated carbocycles. The van der Waals surface area contributed by atoms with Crippen LogP contribution in [0.3, 0.4) is 0 Å². The number of amides is 3. The van der Waals surface area contributed by atoms with Crippen LogP contribution in [0.4, 0.5) is 9.18 Å². The minimum Gasteiger partial charge on any atom is -0.341 e. The van der Waals surface area contributed by atoms with Gasteiger partial charge in [0.25, 0.3) is 0 Å². The number of carbonyl (C=O) groups is 2. The zero-order chi connectivity index (χ0) is 23.9. The van der Waals surface area contributed by atoms with Gasteiger partial charge >= 0.3 is 6.03 Å². The largest absolute Gasteiger partial charge is 0.341 e. The second-order valence-electron chi connectivity index (χ2n) is 7.33. The summed E-state index contributed by atoms with van der Waals surface area (Å²) < 4.78 is 16.4. The molecule has 1 heterocycles. The number of imide groups is 1. The van der Waals surface area contributed by atoms with Gasteiger partial charge in [-0.05, 0) is 23.3 Å². The number of carbonyl (C=O) groups excluding carboxylic acids is 2. The third-order valence-corrected chi connectivity index (χ3v) is 6.28. The minimum atomic E-state index is -0.786. The molecule has 172 valence electrons. The first kappa shape index (κ1) is 23.2. The predicted octanol–water partition coefficient (Wildman–Crippen LogP) is 4.42. The van der Waals surface area contributed by atoms with Gasteiger partial charge in [-0.1, -0.05) is 84.6 Å². The molecule has 3 amide bonds. The number of thioether (sulfide) groups is 1. The first-order chi connectivity index (χ1) is 16.6. The van der Waals surface area contributed by atoms with Gasteiger partial charge in [-0.15, -0.1) is 10.2 Å². The van der Waals surface area contributed by atoms with Gasteiger partial charge in [0, 0.05) is 7.05 Å². The maximum absolute atomic E-state index is 14.6.